The highest BCUT2D eigenvalue weighted by Crippen LogP contribution is 2.37. The van der Waals surface area contributed by atoms with Crippen LogP contribution in [0, 0.1) is 0 Å². The molecule has 2 aromatic rings. The molecule has 0 saturated heterocycles. The number of benzene rings is 2. The van der Waals surface area contributed by atoms with E-state index in [1.807, 2.05) is 18.2 Å². The fourth-order valence-electron chi connectivity index (χ4n) is 1.93. The minimum absolute atomic E-state index is 0.424. The van der Waals surface area contributed by atoms with Crippen LogP contribution in [0.25, 0.3) is 11.1 Å². The van der Waals surface area contributed by atoms with Gasteiger partial charge in [-0.25, -0.2) is 0 Å². The lowest BCUT2D eigenvalue weighted by molar-refractivity contribution is 0.112. The summed E-state index contributed by atoms with van der Waals surface area (Å²) in [4.78, 5) is 11.2. The fraction of sp³-hybridized carbons (Fsp3) is 0.133. The quantitative estimate of drug-likeness (QED) is 0.796. The lowest BCUT2D eigenvalue weighted by Crippen LogP contribution is -1.96. The van der Waals surface area contributed by atoms with E-state index < -0.39 is 0 Å². The van der Waals surface area contributed by atoms with Crippen LogP contribution >= 0.6 is 11.6 Å². The summed E-state index contributed by atoms with van der Waals surface area (Å²) >= 11 is 6.16. The van der Waals surface area contributed by atoms with Gasteiger partial charge in [-0.05, 0) is 23.8 Å². The van der Waals surface area contributed by atoms with Gasteiger partial charge < -0.3 is 9.47 Å². The summed E-state index contributed by atoms with van der Waals surface area (Å²) in [7, 11) is 3.03. The smallest absolute Gasteiger partial charge is 0.171 e. The Morgan fingerprint density at radius 2 is 1.84 bits per heavy atom. The number of aldehydes is 1. The van der Waals surface area contributed by atoms with E-state index in [1.165, 1.54) is 14.2 Å². The van der Waals surface area contributed by atoms with Gasteiger partial charge in [0.1, 0.15) is 0 Å². The average molecular weight is 277 g/mol. The number of halogens is 1. The molecule has 0 atom stereocenters. The molecule has 0 saturated carbocycles. The van der Waals surface area contributed by atoms with Crippen molar-refractivity contribution in [2.75, 3.05) is 14.2 Å². The maximum atomic E-state index is 11.2. The van der Waals surface area contributed by atoms with Crippen molar-refractivity contribution in [2.45, 2.75) is 0 Å². The van der Waals surface area contributed by atoms with Crippen LogP contribution in [0.2, 0.25) is 5.02 Å². The molecule has 0 bridgehead atoms. The van der Waals surface area contributed by atoms with Crippen molar-refractivity contribution < 1.29 is 14.3 Å². The van der Waals surface area contributed by atoms with Gasteiger partial charge in [0.2, 0.25) is 0 Å². The van der Waals surface area contributed by atoms with Crippen LogP contribution in [0.5, 0.6) is 11.5 Å². The van der Waals surface area contributed by atoms with Gasteiger partial charge in [0.15, 0.2) is 17.8 Å². The van der Waals surface area contributed by atoms with Crippen molar-refractivity contribution in [1.82, 2.24) is 0 Å². The van der Waals surface area contributed by atoms with Crippen LogP contribution in [0.3, 0.4) is 0 Å². The molecule has 0 heterocycles. The summed E-state index contributed by atoms with van der Waals surface area (Å²) in [5.41, 5.74) is 2.08. The summed E-state index contributed by atoms with van der Waals surface area (Å²) in [5.74, 6) is 0.926. The van der Waals surface area contributed by atoms with Crippen LogP contribution in [0.15, 0.2) is 36.4 Å². The summed E-state index contributed by atoms with van der Waals surface area (Å²) in [5, 5.41) is 0.617. The Balaban J connectivity index is 2.66. The molecular weight excluding hydrogens is 264 g/mol. The molecule has 0 spiro atoms. The third-order valence-corrected chi connectivity index (χ3v) is 3.15. The highest BCUT2D eigenvalue weighted by Gasteiger charge is 2.14. The Kier molecular flexibility index (Phi) is 4.07. The Hall–Kier alpha value is -2.00. The van der Waals surface area contributed by atoms with E-state index in [2.05, 4.69) is 0 Å². The zero-order chi connectivity index (χ0) is 13.8. The number of methoxy groups -OCH3 is 2. The molecule has 0 aromatic heterocycles. The van der Waals surface area contributed by atoms with Crippen molar-refractivity contribution >= 4 is 17.9 Å². The average Bonchev–Trinajstić information content (AvgIpc) is 2.46. The highest BCUT2D eigenvalue weighted by molar-refractivity contribution is 6.33. The van der Waals surface area contributed by atoms with Crippen LogP contribution in [-0.4, -0.2) is 20.5 Å². The molecule has 3 nitrogen and oxygen atoms in total. The molecule has 0 N–H and O–H groups in total. The molecule has 98 valence electrons. The summed E-state index contributed by atoms with van der Waals surface area (Å²) in [6, 6.07) is 11.0. The molecule has 0 fully saturated rings. The molecule has 0 aliphatic heterocycles. The molecule has 2 rings (SSSR count). The van der Waals surface area contributed by atoms with Crippen LogP contribution in [0.4, 0.5) is 0 Å². The summed E-state index contributed by atoms with van der Waals surface area (Å²) < 4.78 is 10.4. The predicted octanol–water partition coefficient (Wildman–Crippen LogP) is 3.84. The van der Waals surface area contributed by atoms with Gasteiger partial charge in [-0.15, -0.1) is 0 Å². The SMILES string of the molecule is COc1cc(-c2ccccc2Cl)cc(C=O)c1OC. The van der Waals surface area contributed by atoms with E-state index >= 15 is 0 Å². The molecule has 0 radical (unpaired) electrons. The van der Waals surface area contributed by atoms with Gasteiger partial charge in [0.05, 0.1) is 19.8 Å². The second-order valence-electron chi connectivity index (χ2n) is 3.90. The molecule has 19 heavy (non-hydrogen) atoms. The standard InChI is InChI=1S/C15H13ClO3/c1-18-14-8-10(7-11(9-17)15(14)19-2)12-5-3-4-6-13(12)16/h3-9H,1-2H3. The van der Waals surface area contributed by atoms with Crippen LogP contribution in [0.1, 0.15) is 10.4 Å². The van der Waals surface area contributed by atoms with Gasteiger partial charge in [-0.2, -0.15) is 0 Å². The zero-order valence-corrected chi connectivity index (χ0v) is 11.4. The first-order chi connectivity index (χ1) is 9.21. The number of hydrogen-bond donors (Lipinski definition) is 0. The Morgan fingerprint density at radius 3 is 2.42 bits per heavy atom. The van der Waals surface area contributed by atoms with Gasteiger partial charge in [0, 0.05) is 10.6 Å². The van der Waals surface area contributed by atoms with Gasteiger partial charge >= 0.3 is 0 Å². The van der Waals surface area contributed by atoms with E-state index in [-0.39, 0.29) is 0 Å². The van der Waals surface area contributed by atoms with Crippen molar-refractivity contribution in [1.29, 1.82) is 0 Å². The first kappa shape index (κ1) is 13.4. The highest BCUT2D eigenvalue weighted by atomic mass is 35.5. The van der Waals surface area contributed by atoms with E-state index in [0.29, 0.717) is 22.1 Å². The van der Waals surface area contributed by atoms with E-state index in [1.54, 1.807) is 18.2 Å². The number of hydrogen-bond acceptors (Lipinski definition) is 3. The minimum Gasteiger partial charge on any atom is -0.493 e. The van der Waals surface area contributed by atoms with Crippen molar-refractivity contribution in [2.24, 2.45) is 0 Å². The monoisotopic (exact) mass is 276 g/mol. The van der Waals surface area contributed by atoms with Crippen LogP contribution in [-0.2, 0) is 0 Å². The first-order valence-electron chi connectivity index (χ1n) is 5.67. The zero-order valence-electron chi connectivity index (χ0n) is 10.6. The number of rotatable bonds is 4. The lowest BCUT2D eigenvalue weighted by Gasteiger charge is -2.13. The van der Waals surface area contributed by atoms with Crippen molar-refractivity contribution in [3.63, 3.8) is 0 Å². The maximum absolute atomic E-state index is 11.2. The second-order valence-corrected chi connectivity index (χ2v) is 4.31. The van der Waals surface area contributed by atoms with Crippen molar-refractivity contribution in [3.8, 4) is 22.6 Å². The Morgan fingerprint density at radius 1 is 1.11 bits per heavy atom. The number of ether oxygens (including phenoxy) is 2. The first-order valence-corrected chi connectivity index (χ1v) is 6.05. The topological polar surface area (TPSA) is 35.5 Å². The Bertz CT molecular complexity index is 608. The Labute approximate surface area is 116 Å². The number of carbonyl (C=O) groups excluding carboxylic acids is 1. The molecular formula is C15H13ClO3. The predicted molar refractivity (Wildman–Crippen MR) is 75.4 cm³/mol. The van der Waals surface area contributed by atoms with Crippen LogP contribution < -0.4 is 9.47 Å². The van der Waals surface area contributed by atoms with Crippen molar-refractivity contribution in [3.05, 3.63) is 47.0 Å². The summed E-state index contributed by atoms with van der Waals surface area (Å²) in [6.07, 6.45) is 0.738. The molecule has 0 amide bonds. The minimum atomic E-state index is 0.424. The third-order valence-electron chi connectivity index (χ3n) is 2.82. The van der Waals surface area contributed by atoms with E-state index in [9.17, 15) is 4.79 Å². The molecule has 4 heteroatoms. The van der Waals surface area contributed by atoms with Gasteiger partial charge in [-0.1, -0.05) is 29.8 Å². The molecule has 0 unspecified atom stereocenters. The van der Waals surface area contributed by atoms with Gasteiger partial charge in [-0.3, -0.25) is 4.79 Å². The third kappa shape index (κ3) is 2.56. The lowest BCUT2D eigenvalue weighted by atomic mass is 10.0. The molecule has 0 aliphatic rings. The molecule has 0 aliphatic carbocycles. The maximum Gasteiger partial charge on any atom is 0.171 e. The van der Waals surface area contributed by atoms with Gasteiger partial charge in [0.25, 0.3) is 0 Å². The molecule has 2 aromatic carbocycles. The second kappa shape index (κ2) is 5.76. The summed E-state index contributed by atoms with van der Waals surface area (Å²) in [6.45, 7) is 0. The fourth-order valence-corrected chi connectivity index (χ4v) is 2.18. The van der Waals surface area contributed by atoms with E-state index in [0.717, 1.165) is 17.4 Å². The largest absolute Gasteiger partial charge is 0.493 e. The van der Waals surface area contributed by atoms with E-state index in [4.69, 9.17) is 21.1 Å². The normalized spacial score (nSPS) is 10.1. The number of carbonyl (C=O) groups is 1.